The average molecular weight is 412 g/mol. The normalized spacial score (nSPS) is 10.7. The van der Waals surface area contributed by atoms with Crippen molar-refractivity contribution >= 4 is 41.5 Å². The number of aliphatic imine (C=N–C) groups is 1. The van der Waals surface area contributed by atoms with Crippen LogP contribution in [-0.2, 0) is 6.42 Å². The Labute approximate surface area is 141 Å². The minimum atomic E-state index is -0.285. The van der Waals surface area contributed by atoms with E-state index in [1.54, 1.807) is 18.2 Å². The van der Waals surface area contributed by atoms with Gasteiger partial charge in [-0.25, -0.2) is 4.39 Å². The summed E-state index contributed by atoms with van der Waals surface area (Å²) < 4.78 is 13.5. The number of benzene rings is 1. The van der Waals surface area contributed by atoms with Crippen LogP contribution in [0.3, 0.4) is 0 Å². The van der Waals surface area contributed by atoms with Gasteiger partial charge in [-0.3, -0.25) is 4.99 Å². The first-order chi connectivity index (χ1) is 9.19. The molecule has 0 fully saturated rings. The fraction of sp³-hybridized carbons (Fsp3) is 0.357. The van der Waals surface area contributed by atoms with Crippen molar-refractivity contribution in [2.75, 3.05) is 19.6 Å². The van der Waals surface area contributed by atoms with Crippen molar-refractivity contribution in [3.8, 4) is 0 Å². The van der Waals surface area contributed by atoms with Crippen molar-refractivity contribution < 1.29 is 4.39 Å². The molecule has 20 heavy (non-hydrogen) atoms. The smallest absolute Gasteiger partial charge is 0.191 e. The van der Waals surface area contributed by atoms with Crippen molar-refractivity contribution in [2.24, 2.45) is 4.99 Å². The molecule has 0 atom stereocenters. The van der Waals surface area contributed by atoms with Crippen LogP contribution >= 0.6 is 35.6 Å². The molecular weight excluding hydrogens is 392 g/mol. The Balaban J connectivity index is 0.00000361. The summed E-state index contributed by atoms with van der Waals surface area (Å²) in [4.78, 5) is 4.35. The molecule has 0 bridgehead atoms. The Hall–Kier alpha value is -0.820. The molecule has 3 nitrogen and oxygen atoms in total. The summed E-state index contributed by atoms with van der Waals surface area (Å²) in [6.45, 7) is 7.48. The van der Waals surface area contributed by atoms with Gasteiger partial charge in [0.05, 0.1) is 0 Å². The van der Waals surface area contributed by atoms with Gasteiger partial charge >= 0.3 is 0 Å². The van der Waals surface area contributed by atoms with E-state index in [1.807, 2.05) is 6.92 Å². The zero-order valence-electron chi connectivity index (χ0n) is 11.5. The maximum Gasteiger partial charge on any atom is 0.191 e. The van der Waals surface area contributed by atoms with Gasteiger partial charge in [-0.05, 0) is 25.5 Å². The van der Waals surface area contributed by atoms with Crippen LogP contribution in [0.25, 0.3) is 0 Å². The lowest BCUT2D eigenvalue weighted by molar-refractivity contribution is 0.609. The van der Waals surface area contributed by atoms with Gasteiger partial charge in [0, 0.05) is 30.2 Å². The second kappa shape index (κ2) is 10.9. The summed E-state index contributed by atoms with van der Waals surface area (Å²) in [5.41, 5.74) is 0.507. The molecule has 0 saturated carbocycles. The molecule has 0 aliphatic carbocycles. The van der Waals surface area contributed by atoms with E-state index < -0.39 is 0 Å². The van der Waals surface area contributed by atoms with E-state index >= 15 is 0 Å². The van der Waals surface area contributed by atoms with E-state index in [1.165, 1.54) is 6.07 Å². The number of hydrogen-bond donors (Lipinski definition) is 2. The molecule has 112 valence electrons. The first-order valence-corrected chi connectivity index (χ1v) is 6.62. The lowest BCUT2D eigenvalue weighted by Gasteiger charge is -2.09. The van der Waals surface area contributed by atoms with Crippen LogP contribution in [0.4, 0.5) is 4.39 Å². The Morgan fingerprint density at radius 3 is 2.80 bits per heavy atom. The fourth-order valence-electron chi connectivity index (χ4n) is 1.56. The summed E-state index contributed by atoms with van der Waals surface area (Å²) in [6, 6.07) is 4.69. The van der Waals surface area contributed by atoms with Gasteiger partial charge in [-0.2, -0.15) is 0 Å². The molecule has 1 rings (SSSR count). The molecule has 1 aromatic rings. The zero-order valence-corrected chi connectivity index (χ0v) is 14.5. The van der Waals surface area contributed by atoms with Gasteiger partial charge in [0.25, 0.3) is 0 Å². The second-order valence-corrected chi connectivity index (χ2v) is 4.29. The monoisotopic (exact) mass is 411 g/mol. The van der Waals surface area contributed by atoms with E-state index in [-0.39, 0.29) is 29.8 Å². The van der Waals surface area contributed by atoms with Crippen LogP contribution in [0.15, 0.2) is 35.8 Å². The lowest BCUT2D eigenvalue weighted by atomic mass is 10.1. The van der Waals surface area contributed by atoms with Gasteiger partial charge in [-0.1, -0.05) is 23.7 Å². The van der Waals surface area contributed by atoms with E-state index in [4.69, 9.17) is 11.6 Å². The summed E-state index contributed by atoms with van der Waals surface area (Å²) in [5.74, 6) is 0.404. The Bertz CT molecular complexity index is 432. The lowest BCUT2D eigenvalue weighted by Crippen LogP contribution is -2.37. The zero-order chi connectivity index (χ0) is 14.1. The van der Waals surface area contributed by atoms with Gasteiger partial charge in [-0.15, -0.1) is 30.6 Å². The molecular formula is C14H20ClFIN3. The maximum atomic E-state index is 13.5. The standard InChI is InChI=1S/C14H19ClFN3.HI/c1-3-9-18-14(17-4-2)19-10-8-11-12(15)6-5-7-13(11)16;/h3,5-7H,1,4,8-10H2,2H3,(H2,17,18,19);1H. The first kappa shape index (κ1) is 19.2. The number of hydrogen-bond acceptors (Lipinski definition) is 1. The largest absolute Gasteiger partial charge is 0.357 e. The minimum Gasteiger partial charge on any atom is -0.357 e. The fourth-order valence-corrected chi connectivity index (χ4v) is 1.82. The van der Waals surface area contributed by atoms with Crippen LogP contribution in [0, 0.1) is 5.82 Å². The molecule has 0 radical (unpaired) electrons. The average Bonchev–Trinajstić information content (AvgIpc) is 2.39. The maximum absolute atomic E-state index is 13.5. The quantitative estimate of drug-likeness (QED) is 0.326. The molecule has 0 aliphatic heterocycles. The van der Waals surface area contributed by atoms with Crippen molar-refractivity contribution in [1.82, 2.24) is 10.6 Å². The SMILES string of the molecule is C=CCNC(=NCCc1c(F)cccc1Cl)NCC.I. The minimum absolute atomic E-state index is 0. The molecule has 0 saturated heterocycles. The van der Waals surface area contributed by atoms with Gasteiger partial charge < -0.3 is 10.6 Å². The predicted octanol–water partition coefficient (Wildman–Crippen LogP) is 3.38. The molecule has 0 spiro atoms. The van der Waals surface area contributed by atoms with Gasteiger partial charge in [0.1, 0.15) is 5.82 Å². The van der Waals surface area contributed by atoms with Crippen LogP contribution in [0.5, 0.6) is 0 Å². The summed E-state index contributed by atoms with van der Waals surface area (Å²) >= 11 is 5.96. The molecule has 0 amide bonds. The molecule has 0 unspecified atom stereocenters. The molecule has 1 aromatic carbocycles. The Morgan fingerprint density at radius 1 is 1.45 bits per heavy atom. The molecule has 0 aromatic heterocycles. The van der Waals surface area contributed by atoms with E-state index in [9.17, 15) is 4.39 Å². The third-order valence-corrected chi connectivity index (χ3v) is 2.81. The number of nitrogens with one attached hydrogen (secondary N) is 2. The highest BCUT2D eigenvalue weighted by molar-refractivity contribution is 14.0. The number of rotatable bonds is 6. The number of halogens is 3. The van der Waals surface area contributed by atoms with Crippen LogP contribution in [-0.4, -0.2) is 25.6 Å². The highest BCUT2D eigenvalue weighted by atomic mass is 127. The predicted molar refractivity (Wildman–Crippen MR) is 94.7 cm³/mol. The van der Waals surface area contributed by atoms with Crippen LogP contribution in [0.1, 0.15) is 12.5 Å². The van der Waals surface area contributed by atoms with Crippen molar-refractivity contribution in [3.63, 3.8) is 0 Å². The number of guanidine groups is 1. The van der Waals surface area contributed by atoms with Crippen molar-refractivity contribution in [3.05, 3.63) is 47.3 Å². The topological polar surface area (TPSA) is 36.4 Å². The summed E-state index contributed by atoms with van der Waals surface area (Å²) in [7, 11) is 0. The van der Waals surface area contributed by atoms with Crippen molar-refractivity contribution in [2.45, 2.75) is 13.3 Å². The molecule has 2 N–H and O–H groups in total. The van der Waals surface area contributed by atoms with Crippen LogP contribution < -0.4 is 10.6 Å². The second-order valence-electron chi connectivity index (χ2n) is 3.88. The third-order valence-electron chi connectivity index (χ3n) is 2.45. The van der Waals surface area contributed by atoms with E-state index in [0.717, 1.165) is 6.54 Å². The highest BCUT2D eigenvalue weighted by Gasteiger charge is 2.06. The number of nitrogens with zero attached hydrogens (tertiary/aromatic N) is 1. The highest BCUT2D eigenvalue weighted by Crippen LogP contribution is 2.19. The van der Waals surface area contributed by atoms with Gasteiger partial charge in [0.2, 0.25) is 0 Å². The first-order valence-electron chi connectivity index (χ1n) is 6.25. The summed E-state index contributed by atoms with van der Waals surface area (Å²) in [6.07, 6.45) is 2.22. The van der Waals surface area contributed by atoms with E-state index in [0.29, 0.717) is 36.1 Å². The Morgan fingerprint density at radius 2 is 2.20 bits per heavy atom. The van der Waals surface area contributed by atoms with Crippen molar-refractivity contribution in [1.29, 1.82) is 0 Å². The summed E-state index contributed by atoms with van der Waals surface area (Å²) in [5, 5.41) is 6.62. The van der Waals surface area contributed by atoms with Gasteiger partial charge in [0.15, 0.2) is 5.96 Å². The molecule has 6 heteroatoms. The molecule has 0 heterocycles. The molecule has 0 aliphatic rings. The van der Waals surface area contributed by atoms with E-state index in [2.05, 4.69) is 22.2 Å². The van der Waals surface area contributed by atoms with Crippen LogP contribution in [0.2, 0.25) is 5.02 Å². The Kier molecular flexibility index (Phi) is 10.5. The third kappa shape index (κ3) is 6.56.